The largest absolute Gasteiger partial charge is 0.368 e. The van der Waals surface area contributed by atoms with Gasteiger partial charge in [-0.2, -0.15) is 0 Å². The van der Waals surface area contributed by atoms with Gasteiger partial charge in [-0.25, -0.2) is 4.39 Å². The second kappa shape index (κ2) is 6.46. The topological polar surface area (TPSA) is 84.3 Å². The van der Waals surface area contributed by atoms with E-state index in [1.165, 1.54) is 6.92 Å². The lowest BCUT2D eigenvalue weighted by Gasteiger charge is -2.15. The molecule has 19 heavy (non-hydrogen) atoms. The highest BCUT2D eigenvalue weighted by Gasteiger charge is 2.21. The summed E-state index contributed by atoms with van der Waals surface area (Å²) in [7, 11) is 0. The fraction of sp³-hybridized carbons (Fsp3) is 0.364. The predicted octanol–water partition coefficient (Wildman–Crippen LogP) is 2.43. The Morgan fingerprint density at radius 2 is 2.21 bits per heavy atom. The monoisotopic (exact) mass is 333 g/mol. The van der Waals surface area contributed by atoms with Crippen molar-refractivity contribution in [3.63, 3.8) is 0 Å². The van der Waals surface area contributed by atoms with Crippen LogP contribution in [0.2, 0.25) is 0 Å². The Kier molecular flexibility index (Phi) is 5.22. The first-order chi connectivity index (χ1) is 8.86. The SMILES string of the molecule is CCNC(=O)C(C)Nc1cc(F)c(Br)cc1[N+](=O)[O-]. The van der Waals surface area contributed by atoms with E-state index in [2.05, 4.69) is 26.6 Å². The molecule has 1 unspecified atom stereocenters. The third kappa shape index (κ3) is 3.88. The van der Waals surface area contributed by atoms with Crippen LogP contribution in [-0.4, -0.2) is 23.4 Å². The van der Waals surface area contributed by atoms with Crippen molar-refractivity contribution in [2.45, 2.75) is 19.9 Å². The number of nitrogens with zero attached hydrogens (tertiary/aromatic N) is 1. The van der Waals surface area contributed by atoms with Crippen LogP contribution in [0.25, 0.3) is 0 Å². The molecule has 0 saturated carbocycles. The van der Waals surface area contributed by atoms with E-state index in [0.29, 0.717) is 6.54 Å². The summed E-state index contributed by atoms with van der Waals surface area (Å²) >= 11 is 2.88. The number of hydrogen-bond acceptors (Lipinski definition) is 4. The Hall–Kier alpha value is -1.70. The zero-order chi connectivity index (χ0) is 14.6. The standard InChI is InChI=1S/C11H13BrFN3O3/c1-3-14-11(17)6(2)15-9-5-8(13)7(12)4-10(9)16(18)19/h4-6,15H,3H2,1-2H3,(H,14,17). The maximum absolute atomic E-state index is 13.4. The maximum Gasteiger partial charge on any atom is 0.293 e. The minimum Gasteiger partial charge on any atom is -0.368 e. The molecule has 0 aromatic heterocycles. The van der Waals surface area contributed by atoms with E-state index in [9.17, 15) is 19.3 Å². The summed E-state index contributed by atoms with van der Waals surface area (Å²) in [6, 6.07) is 1.33. The van der Waals surface area contributed by atoms with Crippen molar-refractivity contribution in [3.8, 4) is 0 Å². The Morgan fingerprint density at radius 1 is 1.58 bits per heavy atom. The third-order valence-corrected chi connectivity index (χ3v) is 2.96. The molecule has 1 amide bonds. The van der Waals surface area contributed by atoms with Crippen LogP contribution in [0, 0.1) is 15.9 Å². The molecule has 104 valence electrons. The van der Waals surface area contributed by atoms with E-state index in [1.807, 2.05) is 0 Å². The van der Waals surface area contributed by atoms with Crippen LogP contribution in [0.15, 0.2) is 16.6 Å². The van der Waals surface area contributed by atoms with Gasteiger partial charge >= 0.3 is 0 Å². The number of amides is 1. The fourth-order valence-electron chi connectivity index (χ4n) is 1.43. The molecule has 0 heterocycles. The molecule has 0 aliphatic heterocycles. The quantitative estimate of drug-likeness (QED) is 0.640. The first kappa shape index (κ1) is 15.4. The zero-order valence-electron chi connectivity index (χ0n) is 10.4. The number of anilines is 1. The number of nitro benzene ring substituents is 1. The molecule has 8 heteroatoms. The summed E-state index contributed by atoms with van der Waals surface area (Å²) in [4.78, 5) is 21.8. The van der Waals surface area contributed by atoms with Gasteiger partial charge < -0.3 is 10.6 Å². The van der Waals surface area contributed by atoms with Crippen LogP contribution in [0.5, 0.6) is 0 Å². The molecule has 0 aliphatic rings. The molecule has 2 N–H and O–H groups in total. The molecule has 0 aliphatic carbocycles. The van der Waals surface area contributed by atoms with E-state index in [0.717, 1.165) is 12.1 Å². The van der Waals surface area contributed by atoms with E-state index in [4.69, 9.17) is 0 Å². The van der Waals surface area contributed by atoms with Crippen LogP contribution in [-0.2, 0) is 4.79 Å². The van der Waals surface area contributed by atoms with Crippen LogP contribution >= 0.6 is 15.9 Å². The van der Waals surface area contributed by atoms with Gasteiger partial charge in [0.05, 0.1) is 9.40 Å². The molecule has 0 spiro atoms. The Bertz CT molecular complexity index is 510. The minimum atomic E-state index is -0.709. The number of carbonyl (C=O) groups is 1. The molecule has 1 rings (SSSR count). The first-order valence-electron chi connectivity index (χ1n) is 5.54. The minimum absolute atomic E-state index is 0.00425. The molecule has 0 radical (unpaired) electrons. The molecular weight excluding hydrogens is 321 g/mol. The van der Waals surface area contributed by atoms with Crippen molar-refractivity contribution < 1.29 is 14.1 Å². The summed E-state index contributed by atoms with van der Waals surface area (Å²) in [5, 5.41) is 16.1. The van der Waals surface area contributed by atoms with Gasteiger partial charge in [-0.05, 0) is 29.8 Å². The van der Waals surface area contributed by atoms with Gasteiger partial charge in [-0.1, -0.05) is 0 Å². The highest BCUT2D eigenvalue weighted by molar-refractivity contribution is 9.10. The predicted molar refractivity (Wildman–Crippen MR) is 72.5 cm³/mol. The molecule has 1 aromatic rings. The fourth-order valence-corrected chi connectivity index (χ4v) is 1.76. The van der Waals surface area contributed by atoms with Crippen LogP contribution in [0.4, 0.5) is 15.8 Å². The summed E-state index contributed by atoms with van der Waals surface area (Å²) in [5.74, 6) is -0.962. The van der Waals surface area contributed by atoms with Gasteiger partial charge in [0, 0.05) is 18.7 Å². The summed E-state index contributed by atoms with van der Waals surface area (Å²) in [5.41, 5.74) is -0.339. The number of nitrogens with one attached hydrogen (secondary N) is 2. The van der Waals surface area contributed by atoms with Crippen molar-refractivity contribution in [1.82, 2.24) is 5.32 Å². The lowest BCUT2D eigenvalue weighted by Crippen LogP contribution is -2.37. The average molecular weight is 334 g/mol. The molecule has 6 nitrogen and oxygen atoms in total. The second-order valence-corrected chi connectivity index (χ2v) is 4.66. The van der Waals surface area contributed by atoms with Gasteiger partial charge in [0.2, 0.25) is 5.91 Å². The number of rotatable bonds is 5. The Balaban J connectivity index is 3.03. The van der Waals surface area contributed by atoms with Crippen molar-refractivity contribution in [1.29, 1.82) is 0 Å². The average Bonchev–Trinajstić information content (AvgIpc) is 2.33. The van der Waals surface area contributed by atoms with Crippen LogP contribution in [0.1, 0.15) is 13.8 Å². The molecule has 0 bridgehead atoms. The van der Waals surface area contributed by atoms with Crippen LogP contribution < -0.4 is 10.6 Å². The molecule has 0 saturated heterocycles. The van der Waals surface area contributed by atoms with Gasteiger partial charge in [0.1, 0.15) is 17.5 Å². The van der Waals surface area contributed by atoms with Crippen molar-refractivity contribution in [2.24, 2.45) is 0 Å². The molecule has 0 fully saturated rings. The lowest BCUT2D eigenvalue weighted by atomic mass is 10.2. The van der Waals surface area contributed by atoms with E-state index in [1.54, 1.807) is 6.92 Å². The third-order valence-electron chi connectivity index (χ3n) is 2.35. The smallest absolute Gasteiger partial charge is 0.293 e. The molecular formula is C11H13BrFN3O3. The number of nitro groups is 1. The summed E-state index contributed by atoms with van der Waals surface area (Å²) < 4.78 is 13.4. The Labute approximate surface area is 117 Å². The highest BCUT2D eigenvalue weighted by atomic mass is 79.9. The Morgan fingerprint density at radius 3 is 2.74 bits per heavy atom. The highest BCUT2D eigenvalue weighted by Crippen LogP contribution is 2.30. The van der Waals surface area contributed by atoms with Crippen molar-refractivity contribution in [2.75, 3.05) is 11.9 Å². The van der Waals surface area contributed by atoms with Crippen LogP contribution in [0.3, 0.4) is 0 Å². The van der Waals surface area contributed by atoms with Gasteiger partial charge in [-0.3, -0.25) is 14.9 Å². The number of halogens is 2. The molecule has 1 aromatic carbocycles. The normalized spacial score (nSPS) is 11.8. The maximum atomic E-state index is 13.4. The second-order valence-electron chi connectivity index (χ2n) is 3.80. The number of carbonyl (C=O) groups excluding carboxylic acids is 1. The number of likely N-dealkylation sites (N-methyl/N-ethyl adjacent to an activating group) is 1. The number of benzene rings is 1. The van der Waals surface area contributed by atoms with E-state index in [-0.39, 0.29) is 21.8 Å². The van der Waals surface area contributed by atoms with Gasteiger partial charge in [-0.15, -0.1) is 0 Å². The van der Waals surface area contributed by atoms with Gasteiger partial charge in [0.25, 0.3) is 5.69 Å². The lowest BCUT2D eigenvalue weighted by molar-refractivity contribution is -0.384. The zero-order valence-corrected chi connectivity index (χ0v) is 12.0. The number of hydrogen-bond donors (Lipinski definition) is 2. The van der Waals surface area contributed by atoms with Gasteiger partial charge in [0.15, 0.2) is 0 Å². The van der Waals surface area contributed by atoms with Crippen molar-refractivity contribution >= 4 is 33.2 Å². The summed E-state index contributed by atoms with van der Waals surface area (Å²) in [6.45, 7) is 3.74. The molecule has 1 atom stereocenters. The van der Waals surface area contributed by atoms with E-state index < -0.39 is 16.8 Å². The summed E-state index contributed by atoms with van der Waals surface area (Å²) in [6.07, 6.45) is 0. The first-order valence-corrected chi connectivity index (χ1v) is 6.33. The van der Waals surface area contributed by atoms with E-state index >= 15 is 0 Å². The van der Waals surface area contributed by atoms with Crippen molar-refractivity contribution in [3.05, 3.63) is 32.5 Å².